The van der Waals surface area contributed by atoms with E-state index in [4.69, 9.17) is 0 Å². The zero-order valence-corrected chi connectivity index (χ0v) is 12.5. The summed E-state index contributed by atoms with van der Waals surface area (Å²) < 4.78 is 36.0. The topological polar surface area (TPSA) is 76.1 Å². The zero-order chi connectivity index (χ0) is 15.9. The number of aryl methyl sites for hydroxylation is 1. The Morgan fingerprint density at radius 3 is 2.82 bits per heavy atom. The first kappa shape index (κ1) is 14.6. The summed E-state index contributed by atoms with van der Waals surface area (Å²) in [7, 11) is -3.24. The van der Waals surface area contributed by atoms with E-state index in [0.717, 1.165) is 5.41 Å². The number of sulfone groups is 1. The fourth-order valence-electron chi connectivity index (χ4n) is 2.43. The van der Waals surface area contributed by atoms with Gasteiger partial charge in [-0.25, -0.2) is 12.8 Å². The zero-order valence-electron chi connectivity index (χ0n) is 11.7. The number of carbonyl (C=O) groups is 1. The van der Waals surface area contributed by atoms with Gasteiger partial charge in [-0.3, -0.25) is 9.78 Å². The van der Waals surface area contributed by atoms with Crippen LogP contribution in [0.4, 0.5) is 4.39 Å². The lowest BCUT2D eigenvalue weighted by atomic mass is 10.1. The SMILES string of the molecule is Cc1cc(C(=O)NC2C=CS(=O)(=O)C2)c2ccc(F)cc2n1. The molecule has 1 atom stereocenters. The highest BCUT2D eigenvalue weighted by molar-refractivity contribution is 7.94. The van der Waals surface area contributed by atoms with Gasteiger partial charge in [0.15, 0.2) is 9.84 Å². The molecule has 0 saturated carbocycles. The second-order valence-electron chi connectivity index (χ2n) is 5.21. The maximum absolute atomic E-state index is 13.3. The van der Waals surface area contributed by atoms with Crippen molar-refractivity contribution in [3.8, 4) is 0 Å². The summed E-state index contributed by atoms with van der Waals surface area (Å²) in [6.07, 6.45) is 1.45. The molecule has 1 aliphatic rings. The number of nitrogens with zero attached hydrogens (tertiary/aromatic N) is 1. The molecule has 0 aliphatic carbocycles. The summed E-state index contributed by atoms with van der Waals surface area (Å²) in [4.78, 5) is 16.6. The van der Waals surface area contributed by atoms with Crippen LogP contribution in [0.2, 0.25) is 0 Å². The van der Waals surface area contributed by atoms with E-state index in [9.17, 15) is 17.6 Å². The van der Waals surface area contributed by atoms with E-state index in [-0.39, 0.29) is 5.75 Å². The molecule has 1 N–H and O–H groups in total. The molecule has 0 bridgehead atoms. The van der Waals surface area contributed by atoms with E-state index in [0.29, 0.717) is 22.2 Å². The molecule has 2 aromatic rings. The number of fused-ring (bicyclic) bond motifs is 1. The largest absolute Gasteiger partial charge is 0.345 e. The van der Waals surface area contributed by atoms with Gasteiger partial charge in [0, 0.05) is 22.6 Å². The lowest BCUT2D eigenvalue weighted by molar-refractivity contribution is 0.0949. The van der Waals surface area contributed by atoms with Gasteiger partial charge in [0.25, 0.3) is 5.91 Å². The van der Waals surface area contributed by atoms with Crippen molar-refractivity contribution in [3.63, 3.8) is 0 Å². The summed E-state index contributed by atoms with van der Waals surface area (Å²) in [5.74, 6) is -0.981. The van der Waals surface area contributed by atoms with Crippen LogP contribution < -0.4 is 5.32 Å². The predicted octanol–water partition coefficient (Wildman–Crippen LogP) is 1.72. The van der Waals surface area contributed by atoms with Gasteiger partial charge in [0.05, 0.1) is 22.9 Å². The van der Waals surface area contributed by atoms with Gasteiger partial charge < -0.3 is 5.32 Å². The Hall–Kier alpha value is -2.28. The molecule has 1 amide bonds. The van der Waals surface area contributed by atoms with Crippen LogP contribution in [0.3, 0.4) is 0 Å². The van der Waals surface area contributed by atoms with Gasteiger partial charge in [-0.1, -0.05) is 0 Å². The molecule has 7 heteroatoms. The molecular formula is C15H13FN2O3S. The highest BCUT2D eigenvalue weighted by Crippen LogP contribution is 2.20. The molecular weight excluding hydrogens is 307 g/mol. The number of hydrogen-bond donors (Lipinski definition) is 1. The predicted molar refractivity (Wildman–Crippen MR) is 80.6 cm³/mol. The molecule has 5 nitrogen and oxygen atoms in total. The quantitative estimate of drug-likeness (QED) is 0.914. The standard InChI is InChI=1S/C15H13FN2O3S/c1-9-6-13(12-3-2-10(16)7-14(12)17-9)15(19)18-11-4-5-22(20,21)8-11/h2-7,11H,8H2,1H3,(H,18,19). The molecule has 1 aromatic heterocycles. The second-order valence-corrected chi connectivity index (χ2v) is 7.14. The van der Waals surface area contributed by atoms with Crippen LogP contribution in [0.1, 0.15) is 16.1 Å². The molecule has 114 valence electrons. The number of amides is 1. The van der Waals surface area contributed by atoms with Crippen molar-refractivity contribution in [1.82, 2.24) is 10.3 Å². The normalized spacial score (nSPS) is 19.5. The Bertz CT molecular complexity index is 901. The smallest absolute Gasteiger partial charge is 0.252 e. The minimum atomic E-state index is -3.24. The number of carbonyl (C=O) groups excluding carboxylic acids is 1. The van der Waals surface area contributed by atoms with Crippen molar-refractivity contribution in [1.29, 1.82) is 0 Å². The van der Waals surface area contributed by atoms with Crippen molar-refractivity contribution >= 4 is 26.6 Å². The fourth-order valence-corrected chi connectivity index (χ4v) is 3.67. The highest BCUT2D eigenvalue weighted by atomic mass is 32.2. The first-order valence-corrected chi connectivity index (χ1v) is 8.34. The van der Waals surface area contributed by atoms with Crippen LogP contribution in [0.25, 0.3) is 10.9 Å². The second kappa shape index (κ2) is 5.17. The molecule has 0 spiro atoms. The first-order valence-electron chi connectivity index (χ1n) is 6.63. The molecule has 0 saturated heterocycles. The van der Waals surface area contributed by atoms with Crippen molar-refractivity contribution in [2.45, 2.75) is 13.0 Å². The third kappa shape index (κ3) is 2.85. The van der Waals surface area contributed by atoms with Gasteiger partial charge in [-0.2, -0.15) is 0 Å². The molecule has 1 aromatic carbocycles. The number of rotatable bonds is 2. The van der Waals surface area contributed by atoms with E-state index in [2.05, 4.69) is 10.3 Å². The summed E-state index contributed by atoms with van der Waals surface area (Å²) in [6.45, 7) is 1.71. The summed E-state index contributed by atoms with van der Waals surface area (Å²) in [5.41, 5.74) is 1.32. The number of halogens is 1. The Morgan fingerprint density at radius 1 is 1.36 bits per heavy atom. The van der Waals surface area contributed by atoms with Crippen LogP contribution in [0.15, 0.2) is 35.7 Å². The lowest BCUT2D eigenvalue weighted by Crippen LogP contribution is -2.35. The molecule has 1 aliphatic heterocycles. The van der Waals surface area contributed by atoms with Gasteiger partial charge in [-0.05, 0) is 31.2 Å². The Morgan fingerprint density at radius 2 is 2.14 bits per heavy atom. The average molecular weight is 320 g/mol. The van der Waals surface area contributed by atoms with Gasteiger partial charge >= 0.3 is 0 Å². The number of pyridine rings is 1. The summed E-state index contributed by atoms with van der Waals surface area (Å²) in [6, 6.07) is 5.06. The number of aromatic nitrogens is 1. The molecule has 22 heavy (non-hydrogen) atoms. The number of nitrogens with one attached hydrogen (secondary N) is 1. The maximum Gasteiger partial charge on any atom is 0.252 e. The monoisotopic (exact) mass is 320 g/mol. The summed E-state index contributed by atoms with van der Waals surface area (Å²) in [5, 5.41) is 4.28. The van der Waals surface area contributed by atoms with Crippen molar-refractivity contribution < 1.29 is 17.6 Å². The van der Waals surface area contributed by atoms with Crippen LogP contribution in [-0.4, -0.2) is 31.1 Å². The first-order chi connectivity index (χ1) is 10.3. The van der Waals surface area contributed by atoms with Gasteiger partial charge in [0.1, 0.15) is 5.82 Å². The van der Waals surface area contributed by atoms with Crippen molar-refractivity contribution in [3.05, 3.63) is 52.8 Å². The third-order valence-electron chi connectivity index (χ3n) is 3.39. The maximum atomic E-state index is 13.3. The van der Waals surface area contributed by atoms with Crippen LogP contribution >= 0.6 is 0 Å². The minimum absolute atomic E-state index is 0.143. The van der Waals surface area contributed by atoms with E-state index >= 15 is 0 Å². The molecule has 0 radical (unpaired) electrons. The van der Waals surface area contributed by atoms with Crippen LogP contribution in [0.5, 0.6) is 0 Å². The Labute approximate surface area is 126 Å². The molecule has 1 unspecified atom stereocenters. The van der Waals surface area contributed by atoms with Crippen molar-refractivity contribution in [2.75, 3.05) is 5.75 Å². The van der Waals surface area contributed by atoms with Crippen LogP contribution in [-0.2, 0) is 9.84 Å². The lowest BCUT2D eigenvalue weighted by Gasteiger charge is -2.12. The molecule has 2 heterocycles. The molecule has 3 rings (SSSR count). The molecule has 0 fully saturated rings. The van der Waals surface area contributed by atoms with E-state index < -0.39 is 27.6 Å². The number of benzene rings is 1. The average Bonchev–Trinajstić information content (AvgIpc) is 2.76. The van der Waals surface area contributed by atoms with Crippen molar-refractivity contribution in [2.24, 2.45) is 0 Å². The third-order valence-corrected chi connectivity index (χ3v) is 4.79. The van der Waals surface area contributed by atoms with E-state index in [1.54, 1.807) is 13.0 Å². The van der Waals surface area contributed by atoms with Gasteiger partial charge in [-0.15, -0.1) is 0 Å². The Kier molecular flexibility index (Phi) is 3.44. The van der Waals surface area contributed by atoms with Crippen LogP contribution in [0, 0.1) is 12.7 Å². The Balaban J connectivity index is 1.96. The van der Waals surface area contributed by atoms with E-state index in [1.165, 1.54) is 24.3 Å². The summed E-state index contributed by atoms with van der Waals surface area (Å²) >= 11 is 0. The number of hydrogen-bond acceptors (Lipinski definition) is 4. The van der Waals surface area contributed by atoms with Gasteiger partial charge in [0.2, 0.25) is 0 Å². The van der Waals surface area contributed by atoms with E-state index in [1.807, 2.05) is 0 Å². The highest BCUT2D eigenvalue weighted by Gasteiger charge is 2.24. The minimum Gasteiger partial charge on any atom is -0.345 e. The fraction of sp³-hybridized carbons (Fsp3) is 0.200.